The summed E-state index contributed by atoms with van der Waals surface area (Å²) in [5.74, 6) is -0.551. The second-order valence-corrected chi connectivity index (χ2v) is 13.8. The summed E-state index contributed by atoms with van der Waals surface area (Å²) < 4.78 is 66.0. The second-order valence-electron chi connectivity index (χ2n) is 10.2. The number of anilines is 1. The first-order valence-corrected chi connectivity index (χ1v) is 16.1. The molecule has 40 heavy (non-hydrogen) atoms. The zero-order valence-corrected chi connectivity index (χ0v) is 24.5. The Balaban J connectivity index is 1.28. The highest BCUT2D eigenvalue weighted by Gasteiger charge is 2.51. The minimum atomic E-state index is -4.31. The van der Waals surface area contributed by atoms with Crippen LogP contribution in [0.3, 0.4) is 0 Å². The van der Waals surface area contributed by atoms with Gasteiger partial charge in [-0.2, -0.15) is 0 Å². The van der Waals surface area contributed by atoms with E-state index in [1.807, 2.05) is 4.90 Å². The monoisotopic (exact) mass is 635 g/mol. The Morgan fingerprint density at radius 1 is 1.20 bits per heavy atom. The number of carbonyl (C=O) groups excluding carboxylic acids is 1. The fourth-order valence-electron chi connectivity index (χ4n) is 4.91. The lowest BCUT2D eigenvalue weighted by atomic mass is 9.95. The number of rotatable bonds is 11. The molecule has 1 amide bonds. The Kier molecular flexibility index (Phi) is 9.16. The van der Waals surface area contributed by atoms with E-state index < -0.39 is 27.7 Å². The number of amides is 1. The molecule has 218 valence electrons. The molecule has 3 aliphatic heterocycles. The van der Waals surface area contributed by atoms with Crippen LogP contribution >= 0.6 is 35.0 Å². The van der Waals surface area contributed by atoms with Gasteiger partial charge in [-0.15, -0.1) is 11.8 Å². The van der Waals surface area contributed by atoms with Crippen LogP contribution in [0, 0.1) is 5.82 Å². The van der Waals surface area contributed by atoms with Crippen LogP contribution in [0.2, 0.25) is 10.0 Å². The third kappa shape index (κ3) is 6.86. The highest BCUT2D eigenvalue weighted by molar-refractivity contribution is 7.99. The molecule has 5 rings (SSSR count). The smallest absolute Gasteiger partial charge is 0.268 e. The summed E-state index contributed by atoms with van der Waals surface area (Å²) in [4.78, 5) is 15.5. The molecule has 2 aromatic rings. The van der Waals surface area contributed by atoms with Crippen LogP contribution in [0.4, 0.5) is 14.5 Å². The number of alkyl halides is 1. The van der Waals surface area contributed by atoms with Crippen LogP contribution in [-0.2, 0) is 24.3 Å². The molecular formula is C26H29Cl2F2N3O5S2. The summed E-state index contributed by atoms with van der Waals surface area (Å²) >= 11 is 14.5. The first-order chi connectivity index (χ1) is 19.0. The highest BCUT2D eigenvalue weighted by Crippen LogP contribution is 2.37. The van der Waals surface area contributed by atoms with Gasteiger partial charge in [0.05, 0.1) is 39.9 Å². The van der Waals surface area contributed by atoms with Crippen LogP contribution in [0.1, 0.15) is 19.3 Å². The maximum Gasteiger partial charge on any atom is 0.268 e. The summed E-state index contributed by atoms with van der Waals surface area (Å²) in [6, 6.07) is 8.42. The van der Waals surface area contributed by atoms with E-state index in [-0.39, 0.29) is 39.5 Å². The molecule has 2 N–H and O–H groups in total. The van der Waals surface area contributed by atoms with Crippen molar-refractivity contribution in [2.24, 2.45) is 0 Å². The molecule has 0 aromatic heterocycles. The third-order valence-corrected chi connectivity index (χ3v) is 10.3. The van der Waals surface area contributed by atoms with E-state index in [1.165, 1.54) is 36.0 Å². The van der Waals surface area contributed by atoms with Gasteiger partial charge in [0.25, 0.3) is 15.9 Å². The molecule has 0 spiro atoms. The highest BCUT2D eigenvalue weighted by atomic mass is 35.5. The van der Waals surface area contributed by atoms with Gasteiger partial charge in [0.1, 0.15) is 12.0 Å². The molecular weight excluding hydrogens is 607 g/mol. The number of halogens is 4. The van der Waals surface area contributed by atoms with Crippen molar-refractivity contribution in [1.82, 2.24) is 9.62 Å². The Bertz CT molecular complexity index is 1320. The van der Waals surface area contributed by atoms with Crippen molar-refractivity contribution in [3.05, 3.63) is 52.3 Å². The lowest BCUT2D eigenvalue weighted by Gasteiger charge is -2.35. The molecule has 0 radical (unpaired) electrons. The minimum absolute atomic E-state index is 0.00980. The summed E-state index contributed by atoms with van der Waals surface area (Å²) in [5.41, 5.74) is -0.995. The summed E-state index contributed by atoms with van der Waals surface area (Å²) in [6.45, 7) is 1.71. The molecule has 8 nitrogen and oxygen atoms in total. The zero-order chi connectivity index (χ0) is 28.5. The predicted molar refractivity (Wildman–Crippen MR) is 150 cm³/mol. The number of fused-ring (bicyclic) bond motifs is 2. The van der Waals surface area contributed by atoms with Crippen LogP contribution in [0.15, 0.2) is 46.2 Å². The number of nitrogens with zero attached hydrogens (tertiary/aromatic N) is 1. The SMILES string of the molecule is O=C(NS(=O)(=O)c1cc(Cl)c(N[C@H](CCN2CC(F)C2)CSc2ccc(F)cc2)c(Cl)c1)C12COC(CCO1)C2. The Morgan fingerprint density at radius 2 is 1.90 bits per heavy atom. The van der Waals surface area contributed by atoms with E-state index in [9.17, 15) is 22.0 Å². The number of nitrogens with one attached hydrogen (secondary N) is 2. The van der Waals surface area contributed by atoms with Crippen molar-refractivity contribution >= 4 is 56.6 Å². The number of sulfonamides is 1. The summed E-state index contributed by atoms with van der Waals surface area (Å²) in [6.07, 6.45) is 0.629. The van der Waals surface area contributed by atoms with Crippen molar-refractivity contribution in [3.8, 4) is 0 Å². The number of ether oxygens (including phenoxy) is 2. The molecule has 2 aromatic carbocycles. The maximum absolute atomic E-state index is 13.3. The molecule has 2 unspecified atom stereocenters. The average molecular weight is 637 g/mol. The number of hydrogen-bond donors (Lipinski definition) is 2. The van der Waals surface area contributed by atoms with Crippen LogP contribution in [-0.4, -0.2) is 81.7 Å². The Morgan fingerprint density at radius 3 is 2.58 bits per heavy atom. The molecule has 0 aliphatic carbocycles. The fourth-order valence-corrected chi connectivity index (χ4v) is 7.70. The van der Waals surface area contributed by atoms with E-state index in [2.05, 4.69) is 10.0 Å². The van der Waals surface area contributed by atoms with Gasteiger partial charge >= 0.3 is 0 Å². The predicted octanol–water partition coefficient (Wildman–Crippen LogP) is 4.50. The van der Waals surface area contributed by atoms with Crippen molar-refractivity contribution in [2.75, 3.05) is 43.9 Å². The molecule has 14 heteroatoms. The van der Waals surface area contributed by atoms with Gasteiger partial charge in [0, 0.05) is 42.7 Å². The lowest BCUT2D eigenvalue weighted by Crippen LogP contribution is -2.52. The molecule has 3 fully saturated rings. The molecule has 3 saturated heterocycles. The van der Waals surface area contributed by atoms with Gasteiger partial charge in [-0.05, 0) is 49.2 Å². The molecule has 3 heterocycles. The first-order valence-electron chi connectivity index (χ1n) is 12.9. The van der Waals surface area contributed by atoms with Crippen molar-refractivity contribution in [2.45, 2.75) is 53.0 Å². The van der Waals surface area contributed by atoms with Gasteiger partial charge in [-0.1, -0.05) is 23.2 Å². The lowest BCUT2D eigenvalue weighted by molar-refractivity contribution is -0.146. The largest absolute Gasteiger partial charge is 0.379 e. The van der Waals surface area contributed by atoms with Gasteiger partial charge in [-0.3, -0.25) is 9.69 Å². The molecule has 2 bridgehead atoms. The number of likely N-dealkylation sites (tertiary alicyclic amines) is 1. The first kappa shape index (κ1) is 29.8. The number of carbonyl (C=O) groups is 1. The molecule has 3 atom stereocenters. The number of hydrogen-bond acceptors (Lipinski definition) is 8. The molecule has 3 aliphatic rings. The van der Waals surface area contributed by atoms with Gasteiger partial charge in [-0.25, -0.2) is 21.9 Å². The van der Waals surface area contributed by atoms with E-state index in [1.54, 1.807) is 12.1 Å². The van der Waals surface area contributed by atoms with Gasteiger partial charge in [0.2, 0.25) is 0 Å². The fraction of sp³-hybridized carbons (Fsp3) is 0.500. The Labute approximate surface area is 246 Å². The quantitative estimate of drug-likeness (QED) is 0.349. The molecule has 0 saturated carbocycles. The van der Waals surface area contributed by atoms with E-state index in [0.29, 0.717) is 56.9 Å². The van der Waals surface area contributed by atoms with Crippen molar-refractivity contribution in [1.29, 1.82) is 0 Å². The third-order valence-electron chi connectivity index (χ3n) is 7.21. The van der Waals surface area contributed by atoms with E-state index in [4.69, 9.17) is 32.7 Å². The maximum atomic E-state index is 13.3. The van der Waals surface area contributed by atoms with Crippen LogP contribution in [0.25, 0.3) is 0 Å². The second kappa shape index (κ2) is 12.3. The standard InChI is InChI=1S/C26H29Cl2F2N3O5S2/c27-22-9-21(40(35,36)32-25(34)26-11-19(37-15-26)6-8-38-26)10-23(28)24(22)31-18(5-7-33-12-17(30)13-33)14-39-20-3-1-16(29)2-4-20/h1-4,9-10,17-19,31H,5-8,11-15H2,(H,32,34)/t18-,19?,26?/m1/s1. The van der Waals surface area contributed by atoms with E-state index in [0.717, 1.165) is 4.90 Å². The summed E-state index contributed by atoms with van der Waals surface area (Å²) in [5, 5.41) is 3.42. The van der Waals surface area contributed by atoms with E-state index >= 15 is 0 Å². The number of thioether (sulfide) groups is 1. The topological polar surface area (TPSA) is 97.0 Å². The van der Waals surface area contributed by atoms with Crippen molar-refractivity contribution < 1.29 is 31.5 Å². The van der Waals surface area contributed by atoms with Crippen LogP contribution < -0.4 is 10.0 Å². The van der Waals surface area contributed by atoms with Gasteiger partial charge < -0.3 is 14.8 Å². The summed E-state index contributed by atoms with van der Waals surface area (Å²) in [7, 11) is -4.31. The van der Waals surface area contributed by atoms with Crippen molar-refractivity contribution in [3.63, 3.8) is 0 Å². The minimum Gasteiger partial charge on any atom is -0.379 e. The van der Waals surface area contributed by atoms with Crippen LogP contribution in [0.5, 0.6) is 0 Å². The normalized spacial score (nSPS) is 23.9. The number of benzene rings is 2. The zero-order valence-electron chi connectivity index (χ0n) is 21.4. The Hall–Kier alpha value is -1.67. The average Bonchev–Trinajstić information content (AvgIpc) is 3.20. The van der Waals surface area contributed by atoms with Gasteiger partial charge in [0.15, 0.2) is 5.60 Å².